The standard InChI is InChI=1S/C27H22.C17H18O.C16H18.2C14H14O.C14H14.C10H20.C10H14.2C8H10/c1-19-11-15-21(16-12-19)27(22-17-13-20(2)14-18-22)25-9-5-3-7-23(25)24-8-4-6-10-26(24)27;1-11-5-7-15(9-13(11)3)17(18)16-8-6-12(2)14(4)10-16;1-11-5-7-15(9-13(11)3)16-8-6-12(2)14(4)10-16;1-11-3-7-13(8-4-11)15-14-9-5-12(2)6-10-14;1-11-6-8-13(9-7-11)15-14-5-3-4-12(2)10-14;1-11-3-7-13(8-4-11)14-9-5-12(2)6-10-14;2*1-7-5-9(3)10(4)6-8(7)2;1-7-3-5-8(2)6-4-7;1-7-4-3-5-8(2)6-7/h3-18H,1-2H3;5-10H,1-4H3;5-10H,1-4H3;2*3-10H,1-2H3;3-10H,1-2H3;7-10H,5-6H2,1-4H3;5-6H,1-4H3;2*3-6H,1-2H3. The van der Waals surface area contributed by atoms with Crippen LogP contribution in [0.2, 0.25) is 0 Å². The fraction of sp³-hybridized carbons (Fsp3) is 0.254. The predicted molar refractivity (Wildman–Crippen MR) is 609 cm³/mol. The van der Waals surface area contributed by atoms with Crippen molar-refractivity contribution >= 4 is 5.78 Å². The summed E-state index contributed by atoms with van der Waals surface area (Å²) < 4.78 is 11.4. The van der Waals surface area contributed by atoms with Gasteiger partial charge in [-0.2, -0.15) is 0 Å². The van der Waals surface area contributed by atoms with Gasteiger partial charge in [-0.15, -0.1) is 0 Å². The third-order valence-electron chi connectivity index (χ3n) is 27.7. The minimum absolute atomic E-state index is 0.0983. The highest BCUT2D eigenvalue weighted by atomic mass is 16.5. The maximum atomic E-state index is 12.4. The largest absolute Gasteiger partial charge is 0.457 e. The summed E-state index contributed by atoms with van der Waals surface area (Å²) in [6, 6.07) is 132. The van der Waals surface area contributed by atoms with Gasteiger partial charge >= 0.3 is 0 Å². The number of benzene rings is 17. The second kappa shape index (κ2) is 52.9. The fourth-order valence-electron chi connectivity index (χ4n) is 17.3. The lowest BCUT2D eigenvalue weighted by Gasteiger charge is -2.35. The van der Waals surface area contributed by atoms with Crippen LogP contribution < -0.4 is 9.47 Å². The van der Waals surface area contributed by atoms with Gasteiger partial charge in [0.1, 0.15) is 23.0 Å². The zero-order chi connectivity index (χ0) is 102. The molecule has 0 aromatic heterocycles. The molecule has 141 heavy (non-hydrogen) atoms. The molecule has 0 spiro atoms. The third-order valence-corrected chi connectivity index (χ3v) is 27.7. The van der Waals surface area contributed by atoms with Crippen molar-refractivity contribution in [3.8, 4) is 56.4 Å². The first-order valence-electron chi connectivity index (χ1n) is 50.4. The summed E-state index contributed by atoms with van der Waals surface area (Å²) in [6.07, 6.45) is 2.89. The zero-order valence-corrected chi connectivity index (χ0v) is 89.7. The Morgan fingerprint density at radius 3 is 0.723 bits per heavy atom. The quantitative estimate of drug-likeness (QED) is 0.128. The SMILES string of the molecule is CC1CC(C)C(C)CC1C.Cc1cc(C)c(C)cc1C.Cc1ccc(-c2ccc(C)c(C)c2)cc1C.Cc1ccc(-c2ccc(C)cc2)cc1.Cc1ccc(C(=O)c2ccc(C)c(C)c2)cc1C.Cc1ccc(C)cc1.Cc1ccc(C2(c3ccc(C)cc3)c3ccccc3-c3ccccc32)cc1.Cc1ccc(Oc2ccc(C)cc2)cc1.Cc1ccc(Oc2cccc(C)c2)cc1.Cc1cccc(C)c1. The summed E-state index contributed by atoms with van der Waals surface area (Å²) in [7, 11) is 0. The van der Waals surface area contributed by atoms with Gasteiger partial charge in [-0.25, -0.2) is 0 Å². The van der Waals surface area contributed by atoms with Crippen molar-refractivity contribution < 1.29 is 14.3 Å². The van der Waals surface area contributed by atoms with Gasteiger partial charge in [-0.3, -0.25) is 4.79 Å². The van der Waals surface area contributed by atoms with Crippen LogP contribution in [0.1, 0.15) is 212 Å². The average Bonchev–Trinajstić information content (AvgIpc) is 1.54. The number of carbonyl (C=O) groups is 1. The minimum Gasteiger partial charge on any atom is -0.457 e. The van der Waals surface area contributed by atoms with Gasteiger partial charge in [0.05, 0.1) is 5.41 Å². The molecule has 1 fully saturated rings. The van der Waals surface area contributed by atoms with Gasteiger partial charge in [0.15, 0.2) is 5.78 Å². The van der Waals surface area contributed by atoms with E-state index < -0.39 is 0 Å². The second-order valence-corrected chi connectivity index (χ2v) is 40.0. The van der Waals surface area contributed by atoms with E-state index in [4.69, 9.17) is 9.47 Å². The first-order chi connectivity index (χ1) is 67.3. The van der Waals surface area contributed by atoms with E-state index in [1.807, 2.05) is 141 Å². The van der Waals surface area contributed by atoms with Crippen LogP contribution in [0.3, 0.4) is 0 Å². The van der Waals surface area contributed by atoms with Crippen molar-refractivity contribution in [3.63, 3.8) is 0 Å². The first kappa shape index (κ1) is 109. The molecule has 0 N–H and O–H groups in total. The molecular weight excluding hydrogens is 1710 g/mol. The highest BCUT2D eigenvalue weighted by molar-refractivity contribution is 6.09. The van der Waals surface area contributed by atoms with Gasteiger partial charge in [0, 0.05) is 11.1 Å². The van der Waals surface area contributed by atoms with E-state index in [1.54, 1.807) is 0 Å². The molecule has 3 nitrogen and oxygen atoms in total. The summed E-state index contributed by atoms with van der Waals surface area (Å²) in [5, 5.41) is 0. The van der Waals surface area contributed by atoms with Crippen LogP contribution in [0.5, 0.6) is 23.0 Å². The summed E-state index contributed by atoms with van der Waals surface area (Å²) in [5.74, 6) is 7.48. The Hall–Kier alpha value is -14.0. The normalized spacial score (nSPS) is 13.6. The molecule has 19 rings (SSSR count). The van der Waals surface area contributed by atoms with E-state index in [2.05, 4.69) is 429 Å². The first-order valence-corrected chi connectivity index (χ1v) is 50.4. The Morgan fingerprint density at radius 1 is 0.199 bits per heavy atom. The number of ketones is 1. The lowest BCUT2D eigenvalue weighted by Crippen LogP contribution is -2.28. The van der Waals surface area contributed by atoms with Crippen LogP contribution in [-0.4, -0.2) is 5.78 Å². The second-order valence-electron chi connectivity index (χ2n) is 40.0. The molecular formula is C138H154O3. The van der Waals surface area contributed by atoms with Gasteiger partial charge in [-0.05, 0) is 391 Å². The van der Waals surface area contributed by atoms with E-state index in [-0.39, 0.29) is 11.2 Å². The molecule has 4 atom stereocenters. The molecule has 0 radical (unpaired) electrons. The van der Waals surface area contributed by atoms with Crippen LogP contribution in [0.15, 0.2) is 376 Å². The zero-order valence-electron chi connectivity index (χ0n) is 89.7. The monoisotopic (exact) mass is 1860 g/mol. The van der Waals surface area contributed by atoms with Gasteiger partial charge in [0.25, 0.3) is 0 Å². The number of rotatable bonds is 10. The molecule has 724 valence electrons. The van der Waals surface area contributed by atoms with Gasteiger partial charge < -0.3 is 9.47 Å². The van der Waals surface area contributed by atoms with Crippen LogP contribution >= 0.6 is 0 Å². The number of fused-ring (bicyclic) bond motifs is 3. The molecule has 2 aliphatic carbocycles. The maximum Gasteiger partial charge on any atom is 0.193 e. The van der Waals surface area contributed by atoms with Gasteiger partial charge in [-0.1, -0.05) is 404 Å². The topological polar surface area (TPSA) is 35.5 Å². The molecule has 17 aromatic rings. The molecule has 1 saturated carbocycles. The van der Waals surface area contributed by atoms with E-state index in [1.165, 1.54) is 191 Å². The Morgan fingerprint density at radius 2 is 0.440 bits per heavy atom. The molecule has 0 bridgehead atoms. The van der Waals surface area contributed by atoms with Crippen molar-refractivity contribution in [1.29, 1.82) is 0 Å². The van der Waals surface area contributed by atoms with Crippen molar-refractivity contribution in [2.24, 2.45) is 23.7 Å². The minimum atomic E-state index is -0.269. The number of hydrogen-bond donors (Lipinski definition) is 0. The van der Waals surface area contributed by atoms with Crippen molar-refractivity contribution in [2.45, 2.75) is 212 Å². The van der Waals surface area contributed by atoms with Crippen molar-refractivity contribution in [2.75, 3.05) is 0 Å². The Bertz CT molecular complexity index is 6430. The number of hydrogen-bond acceptors (Lipinski definition) is 3. The number of ether oxygens (including phenoxy) is 2. The van der Waals surface area contributed by atoms with E-state index >= 15 is 0 Å². The molecule has 0 heterocycles. The fourth-order valence-corrected chi connectivity index (χ4v) is 17.3. The summed E-state index contributed by atoms with van der Waals surface area (Å²) in [4.78, 5) is 12.4. The van der Waals surface area contributed by atoms with Crippen LogP contribution in [0.25, 0.3) is 33.4 Å². The van der Waals surface area contributed by atoms with Gasteiger partial charge in [0.2, 0.25) is 0 Å². The Labute approximate surface area is 849 Å². The molecule has 17 aromatic carbocycles. The Kier molecular flexibility index (Phi) is 40.9. The average molecular weight is 1860 g/mol. The molecule has 0 amide bonds. The van der Waals surface area contributed by atoms with Crippen LogP contribution in [0, 0.1) is 190 Å². The van der Waals surface area contributed by atoms with E-state index in [0.717, 1.165) is 68.9 Å². The Balaban J connectivity index is 0.000000165. The van der Waals surface area contributed by atoms with E-state index in [0.29, 0.717) is 0 Å². The maximum absolute atomic E-state index is 12.4. The molecule has 4 unspecified atom stereocenters. The molecule has 2 aliphatic rings. The summed E-state index contributed by atoms with van der Waals surface area (Å²) >= 11 is 0. The molecule has 3 heteroatoms. The highest BCUT2D eigenvalue weighted by Gasteiger charge is 2.46. The van der Waals surface area contributed by atoms with Crippen molar-refractivity contribution in [1.82, 2.24) is 0 Å². The van der Waals surface area contributed by atoms with Crippen molar-refractivity contribution in [3.05, 3.63) is 543 Å². The predicted octanol–water partition coefficient (Wildman–Crippen LogP) is 38.4. The summed E-state index contributed by atoms with van der Waals surface area (Å²) in [5.41, 5.74) is 45.7. The number of aryl methyl sites for hydroxylation is 24. The third kappa shape index (κ3) is 32.5. The van der Waals surface area contributed by atoms with Crippen LogP contribution in [-0.2, 0) is 5.41 Å². The summed E-state index contributed by atoms with van der Waals surface area (Å²) in [6.45, 7) is 60.2. The smallest absolute Gasteiger partial charge is 0.193 e. The molecule has 0 aliphatic heterocycles. The highest BCUT2D eigenvalue weighted by Crippen LogP contribution is 2.56. The molecule has 0 saturated heterocycles. The van der Waals surface area contributed by atoms with E-state index in [9.17, 15) is 4.79 Å². The van der Waals surface area contributed by atoms with Crippen LogP contribution in [0.4, 0.5) is 0 Å². The lowest BCUT2D eigenvalue weighted by atomic mass is 9.67. The lowest BCUT2D eigenvalue weighted by molar-refractivity contribution is 0.103. The number of carbonyl (C=O) groups excluding carboxylic acids is 1.